The fourth-order valence-corrected chi connectivity index (χ4v) is 2.96. The van der Waals surface area contributed by atoms with Gasteiger partial charge in [0.05, 0.1) is 0 Å². The number of thiol groups is 1. The summed E-state index contributed by atoms with van der Waals surface area (Å²) >= 11 is 3.77. The van der Waals surface area contributed by atoms with E-state index in [1.165, 1.54) is 0 Å². The summed E-state index contributed by atoms with van der Waals surface area (Å²) in [5, 5.41) is 0. The molecule has 114 valence electrons. The minimum absolute atomic E-state index is 0.210. The van der Waals surface area contributed by atoms with Crippen molar-refractivity contribution in [2.24, 2.45) is 0 Å². The van der Waals surface area contributed by atoms with E-state index in [0.29, 0.717) is 24.6 Å². The van der Waals surface area contributed by atoms with Crippen LogP contribution in [-0.4, -0.2) is 56.5 Å². The van der Waals surface area contributed by atoms with Gasteiger partial charge in [-0.3, -0.25) is 13.1 Å². The van der Waals surface area contributed by atoms with Crippen molar-refractivity contribution in [1.29, 1.82) is 0 Å². The zero-order valence-electron chi connectivity index (χ0n) is 11.6. The van der Waals surface area contributed by atoms with E-state index in [2.05, 4.69) is 17.5 Å². The van der Waals surface area contributed by atoms with Gasteiger partial charge in [0.25, 0.3) is 0 Å². The predicted molar refractivity (Wildman–Crippen MR) is 85.4 cm³/mol. The molecule has 8 heteroatoms. The Labute approximate surface area is 126 Å². The average molecular weight is 329 g/mol. The van der Waals surface area contributed by atoms with E-state index in [4.69, 9.17) is 0 Å². The first-order valence-corrected chi connectivity index (χ1v) is 10.2. The number of amides is 2. The van der Waals surface area contributed by atoms with Gasteiger partial charge in [0.15, 0.2) is 0 Å². The van der Waals surface area contributed by atoms with Gasteiger partial charge in [-0.25, -0.2) is 4.79 Å². The van der Waals surface area contributed by atoms with Crippen LogP contribution in [0.5, 0.6) is 0 Å². The summed E-state index contributed by atoms with van der Waals surface area (Å²) in [5.41, 5.74) is 0. The summed E-state index contributed by atoms with van der Waals surface area (Å²) < 4.78 is 24.2. The number of carbonyl (C=O) groups excluding carboxylic acids is 1. The maximum Gasteiger partial charge on any atom is 0.327 e. The first-order valence-electron chi connectivity index (χ1n) is 6.26. The lowest BCUT2D eigenvalue weighted by Gasteiger charge is -2.21. The fourth-order valence-electron chi connectivity index (χ4n) is 1.60. The Hall–Kier alpha value is -0.0800. The molecular weight excluding hydrogens is 304 g/mol. The molecule has 5 nitrogen and oxygen atoms in total. The van der Waals surface area contributed by atoms with Crippen LogP contribution in [0.25, 0.3) is 0 Å². The molecule has 0 fully saturated rings. The third-order valence-corrected chi connectivity index (χ3v) is 4.52. The van der Waals surface area contributed by atoms with Crippen LogP contribution in [-0.2, 0) is 21.6 Å². The highest BCUT2D eigenvalue weighted by molar-refractivity contribution is 7.84. The third kappa shape index (κ3) is 11.4. The van der Waals surface area contributed by atoms with Crippen molar-refractivity contribution in [2.45, 2.75) is 25.7 Å². The quantitative estimate of drug-likeness (QED) is 0.467. The van der Waals surface area contributed by atoms with Gasteiger partial charge in [-0.15, -0.1) is 0 Å². The second-order valence-corrected chi connectivity index (χ2v) is 7.71. The summed E-state index contributed by atoms with van der Waals surface area (Å²) in [6.45, 7) is 1.28. The molecule has 0 aromatic rings. The molecule has 2 atom stereocenters. The molecule has 0 aromatic heterocycles. The number of carbonyl (C=O) groups is 1. The van der Waals surface area contributed by atoms with Gasteiger partial charge < -0.3 is 4.90 Å². The van der Waals surface area contributed by atoms with E-state index in [-0.39, 0.29) is 6.03 Å². The zero-order chi connectivity index (χ0) is 14.7. The molecule has 0 aliphatic rings. The second kappa shape index (κ2) is 11.7. The molecule has 1 N–H and O–H groups in total. The predicted octanol–water partition coefficient (Wildman–Crippen LogP) is 1.16. The van der Waals surface area contributed by atoms with Crippen molar-refractivity contribution in [1.82, 2.24) is 9.62 Å². The Kier molecular flexibility index (Phi) is 11.7. The maximum absolute atomic E-state index is 11.6. The lowest BCUT2D eigenvalue weighted by Crippen LogP contribution is -2.37. The number of hydrogen-bond donors (Lipinski definition) is 2. The van der Waals surface area contributed by atoms with Crippen LogP contribution < -0.4 is 4.72 Å². The van der Waals surface area contributed by atoms with Crippen LogP contribution in [0.4, 0.5) is 4.79 Å². The number of nitrogens with zero attached hydrogens (tertiary/aromatic N) is 1. The SMILES string of the molecule is CS(=O)CCCCN(CCCCS(C)=O)C(=O)NS. The van der Waals surface area contributed by atoms with E-state index >= 15 is 0 Å². The summed E-state index contributed by atoms with van der Waals surface area (Å²) in [6.07, 6.45) is 6.73. The van der Waals surface area contributed by atoms with E-state index in [1.54, 1.807) is 17.4 Å². The smallest absolute Gasteiger partial charge is 0.324 e. The third-order valence-electron chi connectivity index (χ3n) is 2.60. The summed E-state index contributed by atoms with van der Waals surface area (Å²) in [5.74, 6) is 1.34. The molecule has 19 heavy (non-hydrogen) atoms. The monoisotopic (exact) mass is 328 g/mol. The number of nitrogens with one attached hydrogen (secondary N) is 1. The van der Waals surface area contributed by atoms with Crippen molar-refractivity contribution >= 4 is 40.4 Å². The Morgan fingerprint density at radius 1 is 1.00 bits per heavy atom. The molecule has 0 rings (SSSR count). The van der Waals surface area contributed by atoms with Crippen LogP contribution in [0.2, 0.25) is 0 Å². The molecular formula is C11H24N2O3S3. The fraction of sp³-hybridized carbons (Fsp3) is 0.909. The minimum Gasteiger partial charge on any atom is -0.324 e. The van der Waals surface area contributed by atoms with Gasteiger partial charge in [0.2, 0.25) is 0 Å². The first kappa shape index (κ1) is 18.9. The molecule has 0 saturated heterocycles. The lowest BCUT2D eigenvalue weighted by molar-refractivity contribution is 0.203. The molecule has 0 bridgehead atoms. The highest BCUT2D eigenvalue weighted by atomic mass is 32.2. The Bertz CT molecular complexity index is 292. The zero-order valence-corrected chi connectivity index (χ0v) is 14.1. The number of urea groups is 1. The highest BCUT2D eigenvalue weighted by Gasteiger charge is 2.11. The van der Waals surface area contributed by atoms with Crippen LogP contribution in [0.15, 0.2) is 0 Å². The Balaban J connectivity index is 3.92. The molecule has 0 aliphatic heterocycles. The molecule has 0 heterocycles. The molecule has 0 radical (unpaired) electrons. The number of hydrogen-bond acceptors (Lipinski definition) is 4. The molecule has 2 amide bonds. The van der Waals surface area contributed by atoms with E-state index in [0.717, 1.165) is 25.7 Å². The summed E-state index contributed by atoms with van der Waals surface area (Å²) in [7, 11) is -1.55. The van der Waals surface area contributed by atoms with Crippen molar-refractivity contribution in [2.75, 3.05) is 37.1 Å². The van der Waals surface area contributed by atoms with Crippen LogP contribution >= 0.6 is 12.8 Å². The number of rotatable bonds is 10. The van der Waals surface area contributed by atoms with Crippen molar-refractivity contribution in [3.63, 3.8) is 0 Å². The summed E-state index contributed by atoms with van der Waals surface area (Å²) in [4.78, 5) is 13.3. The van der Waals surface area contributed by atoms with E-state index < -0.39 is 21.6 Å². The number of unbranched alkanes of at least 4 members (excludes halogenated alkanes) is 2. The first-order chi connectivity index (χ1) is 8.97. The molecule has 0 aliphatic carbocycles. The molecule has 0 saturated carbocycles. The van der Waals surface area contributed by atoms with Crippen LogP contribution in [0.1, 0.15) is 25.7 Å². The largest absolute Gasteiger partial charge is 0.327 e. The van der Waals surface area contributed by atoms with Gasteiger partial charge in [-0.1, -0.05) is 12.8 Å². The Morgan fingerprint density at radius 2 is 1.42 bits per heavy atom. The summed E-state index contributed by atoms with van der Waals surface area (Å²) in [6, 6.07) is -0.210. The molecule has 0 aromatic carbocycles. The normalized spacial score (nSPS) is 13.8. The minimum atomic E-state index is -0.773. The standard InChI is InChI=1S/C11H24N2O3S3/c1-18(15)9-5-3-7-13(11(14)12-17)8-4-6-10-19(2)16/h17H,3-10H2,1-2H3,(H,12,14). The van der Waals surface area contributed by atoms with E-state index in [1.807, 2.05) is 0 Å². The van der Waals surface area contributed by atoms with Crippen molar-refractivity contribution < 1.29 is 13.2 Å². The van der Waals surface area contributed by atoms with Crippen molar-refractivity contribution in [3.05, 3.63) is 0 Å². The highest BCUT2D eigenvalue weighted by Crippen LogP contribution is 2.02. The second-order valence-electron chi connectivity index (χ2n) is 4.37. The average Bonchev–Trinajstić information content (AvgIpc) is 2.35. The van der Waals surface area contributed by atoms with Gasteiger partial charge in [-0.2, -0.15) is 0 Å². The molecule has 0 spiro atoms. The van der Waals surface area contributed by atoms with Gasteiger partial charge >= 0.3 is 6.03 Å². The van der Waals surface area contributed by atoms with Crippen molar-refractivity contribution in [3.8, 4) is 0 Å². The lowest BCUT2D eigenvalue weighted by atomic mass is 10.3. The Morgan fingerprint density at radius 3 is 1.74 bits per heavy atom. The topological polar surface area (TPSA) is 66.5 Å². The molecule has 2 unspecified atom stereocenters. The van der Waals surface area contributed by atoms with Gasteiger partial charge in [-0.05, 0) is 25.7 Å². The van der Waals surface area contributed by atoms with Gasteiger partial charge in [0, 0.05) is 58.7 Å². The maximum atomic E-state index is 11.6. The van der Waals surface area contributed by atoms with E-state index in [9.17, 15) is 13.2 Å². The van der Waals surface area contributed by atoms with Crippen LogP contribution in [0, 0.1) is 0 Å². The van der Waals surface area contributed by atoms with Gasteiger partial charge in [0.1, 0.15) is 0 Å². The van der Waals surface area contributed by atoms with Crippen LogP contribution in [0.3, 0.4) is 0 Å².